The SMILES string of the molecule is COC(=O)[C@H](CO)NCc1c(OC)cc(OC)cc1OC. The minimum Gasteiger partial charge on any atom is -0.496 e. The van der Waals surface area contributed by atoms with Gasteiger partial charge in [-0.25, -0.2) is 0 Å². The van der Waals surface area contributed by atoms with Gasteiger partial charge in [-0.05, 0) is 0 Å². The molecule has 1 atom stereocenters. The lowest BCUT2D eigenvalue weighted by atomic mass is 10.1. The van der Waals surface area contributed by atoms with Gasteiger partial charge in [0.2, 0.25) is 0 Å². The summed E-state index contributed by atoms with van der Waals surface area (Å²) in [5, 5.41) is 12.1. The fourth-order valence-corrected chi connectivity index (χ4v) is 1.84. The number of hydrogen-bond acceptors (Lipinski definition) is 7. The van der Waals surface area contributed by atoms with E-state index >= 15 is 0 Å². The molecule has 0 bridgehead atoms. The van der Waals surface area contributed by atoms with Gasteiger partial charge in [0.15, 0.2) is 0 Å². The highest BCUT2D eigenvalue weighted by Gasteiger charge is 2.20. The third-order valence-corrected chi connectivity index (χ3v) is 3.01. The molecular weight excluding hydrogens is 278 g/mol. The first-order chi connectivity index (χ1) is 10.1. The molecule has 0 saturated heterocycles. The highest BCUT2D eigenvalue weighted by Crippen LogP contribution is 2.33. The van der Waals surface area contributed by atoms with Crippen molar-refractivity contribution in [2.45, 2.75) is 12.6 Å². The lowest BCUT2D eigenvalue weighted by Gasteiger charge is -2.18. The largest absolute Gasteiger partial charge is 0.496 e. The molecule has 0 fully saturated rings. The second kappa shape index (κ2) is 8.33. The zero-order valence-corrected chi connectivity index (χ0v) is 12.6. The number of esters is 1. The number of carbonyl (C=O) groups is 1. The smallest absolute Gasteiger partial charge is 0.325 e. The summed E-state index contributed by atoms with van der Waals surface area (Å²) in [5.74, 6) is 1.17. The fourth-order valence-electron chi connectivity index (χ4n) is 1.84. The number of carbonyl (C=O) groups excluding carboxylic acids is 1. The second-order valence-corrected chi connectivity index (χ2v) is 4.15. The maximum absolute atomic E-state index is 11.4. The van der Waals surface area contributed by atoms with Crippen molar-refractivity contribution in [3.8, 4) is 17.2 Å². The van der Waals surface area contributed by atoms with Crippen LogP contribution in [-0.4, -0.2) is 52.2 Å². The van der Waals surface area contributed by atoms with Gasteiger partial charge in [-0.3, -0.25) is 10.1 Å². The Balaban J connectivity index is 2.98. The number of ether oxygens (including phenoxy) is 4. The van der Waals surface area contributed by atoms with Crippen LogP contribution in [0.25, 0.3) is 0 Å². The van der Waals surface area contributed by atoms with Gasteiger partial charge in [0.25, 0.3) is 0 Å². The number of hydrogen-bond donors (Lipinski definition) is 2. The monoisotopic (exact) mass is 299 g/mol. The normalized spacial score (nSPS) is 11.7. The summed E-state index contributed by atoms with van der Waals surface area (Å²) in [5.41, 5.74) is 0.711. The third kappa shape index (κ3) is 4.24. The number of nitrogens with one attached hydrogen (secondary N) is 1. The maximum Gasteiger partial charge on any atom is 0.325 e. The van der Waals surface area contributed by atoms with E-state index in [0.29, 0.717) is 22.8 Å². The molecule has 0 saturated carbocycles. The van der Waals surface area contributed by atoms with Crippen LogP contribution < -0.4 is 19.5 Å². The Morgan fingerprint density at radius 1 is 1.14 bits per heavy atom. The average molecular weight is 299 g/mol. The van der Waals surface area contributed by atoms with E-state index in [1.165, 1.54) is 21.3 Å². The van der Waals surface area contributed by atoms with Crippen LogP contribution in [0.15, 0.2) is 12.1 Å². The van der Waals surface area contributed by atoms with Crippen molar-refractivity contribution in [2.75, 3.05) is 35.0 Å². The van der Waals surface area contributed by atoms with E-state index in [0.717, 1.165) is 0 Å². The number of rotatable bonds is 8. The van der Waals surface area contributed by atoms with Crippen LogP contribution in [0.2, 0.25) is 0 Å². The van der Waals surface area contributed by atoms with Crippen LogP contribution in [0.4, 0.5) is 0 Å². The Kier molecular flexibility index (Phi) is 6.77. The first-order valence-electron chi connectivity index (χ1n) is 6.32. The Hall–Kier alpha value is -1.99. The lowest BCUT2D eigenvalue weighted by Crippen LogP contribution is -2.40. The van der Waals surface area contributed by atoms with Gasteiger partial charge in [0.05, 0.1) is 40.6 Å². The molecule has 0 aliphatic carbocycles. The summed E-state index contributed by atoms with van der Waals surface area (Å²) in [6.45, 7) is -0.107. The number of methoxy groups -OCH3 is 4. The first kappa shape index (κ1) is 17.1. The van der Waals surface area contributed by atoms with E-state index in [1.54, 1.807) is 19.2 Å². The Morgan fingerprint density at radius 3 is 2.10 bits per heavy atom. The zero-order chi connectivity index (χ0) is 15.8. The average Bonchev–Trinajstić information content (AvgIpc) is 2.54. The lowest BCUT2D eigenvalue weighted by molar-refractivity contribution is -0.144. The standard InChI is InChI=1S/C14H21NO6/c1-18-9-5-12(19-2)10(13(6-9)20-3)7-15-11(8-16)14(17)21-4/h5-6,11,15-16H,7-8H2,1-4H3/t11-/m0/s1. The van der Waals surface area contributed by atoms with Gasteiger partial charge < -0.3 is 24.1 Å². The predicted octanol–water partition coefficient (Wildman–Crippen LogP) is 0.336. The summed E-state index contributed by atoms with van der Waals surface area (Å²) in [6.07, 6.45) is 0. The second-order valence-electron chi connectivity index (χ2n) is 4.15. The minimum atomic E-state index is -0.813. The molecule has 0 aromatic heterocycles. The Bertz CT molecular complexity index is 452. The molecule has 0 spiro atoms. The molecule has 0 radical (unpaired) electrons. The van der Waals surface area contributed by atoms with Crippen molar-refractivity contribution >= 4 is 5.97 Å². The molecule has 1 aromatic carbocycles. The number of aliphatic hydroxyl groups is 1. The molecule has 0 amide bonds. The number of aliphatic hydroxyl groups excluding tert-OH is 1. The van der Waals surface area contributed by atoms with Crippen molar-refractivity contribution in [3.05, 3.63) is 17.7 Å². The van der Waals surface area contributed by atoms with Crippen molar-refractivity contribution in [1.82, 2.24) is 5.32 Å². The van der Waals surface area contributed by atoms with Crippen LogP contribution in [-0.2, 0) is 16.1 Å². The highest BCUT2D eigenvalue weighted by atomic mass is 16.5. The summed E-state index contributed by atoms with van der Waals surface area (Å²) in [7, 11) is 5.87. The molecule has 0 aliphatic heterocycles. The predicted molar refractivity (Wildman–Crippen MR) is 75.8 cm³/mol. The molecule has 7 heteroatoms. The van der Waals surface area contributed by atoms with Crippen LogP contribution in [0.5, 0.6) is 17.2 Å². The molecule has 7 nitrogen and oxygen atoms in total. The van der Waals surface area contributed by atoms with Crippen LogP contribution in [0, 0.1) is 0 Å². The maximum atomic E-state index is 11.4. The van der Waals surface area contributed by atoms with E-state index in [2.05, 4.69) is 10.1 Å². The molecule has 21 heavy (non-hydrogen) atoms. The van der Waals surface area contributed by atoms with Gasteiger partial charge in [0.1, 0.15) is 23.3 Å². The van der Waals surface area contributed by atoms with E-state index in [9.17, 15) is 9.90 Å². The van der Waals surface area contributed by atoms with E-state index < -0.39 is 12.0 Å². The van der Waals surface area contributed by atoms with Crippen LogP contribution in [0.3, 0.4) is 0 Å². The third-order valence-electron chi connectivity index (χ3n) is 3.01. The zero-order valence-electron chi connectivity index (χ0n) is 12.6. The molecule has 0 aliphatic rings. The Morgan fingerprint density at radius 2 is 1.71 bits per heavy atom. The molecule has 2 N–H and O–H groups in total. The quantitative estimate of drug-likeness (QED) is 0.669. The minimum absolute atomic E-state index is 0.261. The van der Waals surface area contributed by atoms with E-state index in [4.69, 9.17) is 14.2 Å². The van der Waals surface area contributed by atoms with Crippen molar-refractivity contribution in [3.63, 3.8) is 0 Å². The van der Waals surface area contributed by atoms with Gasteiger partial charge in [-0.2, -0.15) is 0 Å². The topological polar surface area (TPSA) is 86.3 Å². The highest BCUT2D eigenvalue weighted by molar-refractivity contribution is 5.75. The summed E-state index contributed by atoms with van der Waals surface area (Å²) in [6, 6.07) is 2.61. The molecule has 0 heterocycles. The van der Waals surface area contributed by atoms with Crippen molar-refractivity contribution in [1.29, 1.82) is 0 Å². The van der Waals surface area contributed by atoms with Crippen LogP contribution >= 0.6 is 0 Å². The van der Waals surface area contributed by atoms with Crippen LogP contribution in [0.1, 0.15) is 5.56 Å². The van der Waals surface area contributed by atoms with Gasteiger partial charge in [-0.1, -0.05) is 0 Å². The van der Waals surface area contributed by atoms with Gasteiger partial charge >= 0.3 is 5.97 Å². The van der Waals surface area contributed by atoms with Gasteiger partial charge in [-0.15, -0.1) is 0 Å². The van der Waals surface area contributed by atoms with Crippen molar-refractivity contribution < 1.29 is 28.8 Å². The van der Waals surface area contributed by atoms with Crippen molar-refractivity contribution in [2.24, 2.45) is 0 Å². The van der Waals surface area contributed by atoms with Gasteiger partial charge in [0, 0.05) is 18.7 Å². The molecule has 118 valence electrons. The summed E-state index contributed by atoms with van der Waals surface area (Å²) >= 11 is 0. The first-order valence-corrected chi connectivity index (χ1v) is 6.32. The van der Waals surface area contributed by atoms with E-state index in [1.807, 2.05) is 0 Å². The Labute approximate surface area is 123 Å². The summed E-state index contributed by atoms with van der Waals surface area (Å²) < 4.78 is 20.4. The molecular formula is C14H21NO6. The number of benzene rings is 1. The molecule has 1 rings (SSSR count). The molecule has 0 unspecified atom stereocenters. The molecule has 1 aromatic rings. The summed E-state index contributed by atoms with van der Waals surface area (Å²) in [4.78, 5) is 11.4. The fraction of sp³-hybridized carbons (Fsp3) is 0.500. The van der Waals surface area contributed by atoms with E-state index in [-0.39, 0.29) is 13.2 Å².